The quantitative estimate of drug-likeness (QED) is 0.723. The minimum atomic E-state index is -0.496. The molecule has 160 valence electrons. The molecule has 6 nitrogen and oxygen atoms in total. The predicted octanol–water partition coefficient (Wildman–Crippen LogP) is 4.51. The van der Waals surface area contributed by atoms with Crippen molar-refractivity contribution in [3.63, 3.8) is 0 Å². The summed E-state index contributed by atoms with van der Waals surface area (Å²) in [6.07, 6.45) is 5.40. The third-order valence-electron chi connectivity index (χ3n) is 7.52. The number of rotatable bonds is 3. The Labute approximate surface area is 184 Å². The molecule has 4 saturated carbocycles. The number of halogens is 1. The molecular formula is C22H26ClN3O3S. The van der Waals surface area contributed by atoms with E-state index in [0.717, 1.165) is 53.9 Å². The van der Waals surface area contributed by atoms with Crippen LogP contribution in [0.5, 0.6) is 0 Å². The molecule has 1 saturated heterocycles. The fraction of sp³-hybridized carbons (Fsp3) is 0.636. The van der Waals surface area contributed by atoms with Crippen LogP contribution in [0.1, 0.15) is 38.5 Å². The van der Waals surface area contributed by atoms with Crippen molar-refractivity contribution in [3.05, 3.63) is 23.2 Å². The number of nitrogens with zero attached hydrogens (tertiary/aromatic N) is 2. The van der Waals surface area contributed by atoms with E-state index in [1.165, 1.54) is 0 Å². The second-order valence-corrected chi connectivity index (χ2v) is 11.2. The molecule has 2 N–H and O–H groups in total. The van der Waals surface area contributed by atoms with Crippen molar-refractivity contribution < 1.29 is 14.6 Å². The maximum absolute atomic E-state index is 12.9. The van der Waals surface area contributed by atoms with E-state index in [4.69, 9.17) is 16.3 Å². The van der Waals surface area contributed by atoms with Gasteiger partial charge in [0.05, 0.1) is 15.8 Å². The van der Waals surface area contributed by atoms with Gasteiger partial charge in [0.2, 0.25) is 0 Å². The second-order valence-electron chi connectivity index (χ2n) is 9.75. The lowest BCUT2D eigenvalue weighted by atomic mass is 9.53. The number of likely N-dealkylation sites (tertiary alicyclic amines) is 1. The zero-order chi connectivity index (χ0) is 20.5. The van der Waals surface area contributed by atoms with Crippen molar-refractivity contribution in [1.29, 1.82) is 0 Å². The van der Waals surface area contributed by atoms with Crippen molar-refractivity contribution in [1.82, 2.24) is 9.88 Å². The lowest BCUT2D eigenvalue weighted by Gasteiger charge is -2.57. The number of benzene rings is 1. The van der Waals surface area contributed by atoms with Gasteiger partial charge in [0.1, 0.15) is 6.10 Å². The monoisotopic (exact) mass is 447 g/mol. The van der Waals surface area contributed by atoms with E-state index in [-0.39, 0.29) is 18.2 Å². The lowest BCUT2D eigenvalue weighted by Crippen LogP contribution is -2.58. The molecule has 0 radical (unpaired) electrons. The summed E-state index contributed by atoms with van der Waals surface area (Å²) in [5.74, 6) is 1.28. The van der Waals surface area contributed by atoms with Crippen molar-refractivity contribution in [2.45, 2.75) is 56.3 Å². The predicted molar refractivity (Wildman–Crippen MR) is 117 cm³/mol. The third kappa shape index (κ3) is 3.35. The molecule has 1 aromatic carbocycles. The van der Waals surface area contributed by atoms with E-state index in [9.17, 15) is 9.90 Å². The first kappa shape index (κ1) is 19.1. The summed E-state index contributed by atoms with van der Waals surface area (Å²) in [4.78, 5) is 19.3. The summed E-state index contributed by atoms with van der Waals surface area (Å²) in [7, 11) is 0. The highest BCUT2D eigenvalue weighted by atomic mass is 35.5. The van der Waals surface area contributed by atoms with Gasteiger partial charge < -0.3 is 20.1 Å². The van der Waals surface area contributed by atoms with Gasteiger partial charge in [-0.3, -0.25) is 0 Å². The Morgan fingerprint density at radius 1 is 1.30 bits per heavy atom. The van der Waals surface area contributed by atoms with Crippen LogP contribution in [0.15, 0.2) is 18.2 Å². The standard InChI is InChI=1S/C22H26ClN3O3S/c23-15-1-2-17-18(7-15)30-20(25-17)24-16-3-4-26(11-16)21(27)29-19-13-5-12-6-14(19)10-22(28,8-12)9-13/h1-2,7,12-14,16,19,28H,3-6,8-11H2,(H,24,25)/t12?,13-,14?,16+,19?,22-/m0/s1. The maximum Gasteiger partial charge on any atom is 0.410 e. The molecule has 1 amide bonds. The van der Waals surface area contributed by atoms with Gasteiger partial charge in [0, 0.05) is 24.2 Å². The summed E-state index contributed by atoms with van der Waals surface area (Å²) >= 11 is 7.66. The zero-order valence-electron chi connectivity index (χ0n) is 16.7. The van der Waals surface area contributed by atoms with Gasteiger partial charge in [-0.15, -0.1) is 0 Å². The minimum absolute atomic E-state index is 0.0182. The Kier molecular flexibility index (Phi) is 4.45. The number of carbonyl (C=O) groups is 1. The van der Waals surface area contributed by atoms with Crippen LogP contribution in [0.3, 0.4) is 0 Å². The van der Waals surface area contributed by atoms with Gasteiger partial charge in [-0.05, 0) is 74.5 Å². The van der Waals surface area contributed by atoms with Gasteiger partial charge in [-0.2, -0.15) is 0 Å². The average molecular weight is 448 g/mol. The number of aliphatic hydroxyl groups is 1. The van der Waals surface area contributed by atoms with Crippen molar-refractivity contribution in [3.8, 4) is 0 Å². The molecule has 0 spiro atoms. The number of amides is 1. The molecule has 5 fully saturated rings. The molecule has 4 aliphatic carbocycles. The Morgan fingerprint density at radius 2 is 2.10 bits per heavy atom. The van der Waals surface area contributed by atoms with E-state index < -0.39 is 5.60 Å². The fourth-order valence-electron chi connectivity index (χ4n) is 6.50. The molecular weight excluding hydrogens is 422 g/mol. The van der Waals surface area contributed by atoms with Crippen LogP contribution in [0.25, 0.3) is 10.2 Å². The Bertz CT molecular complexity index is 981. The summed E-state index contributed by atoms with van der Waals surface area (Å²) in [6, 6.07) is 5.88. The summed E-state index contributed by atoms with van der Waals surface area (Å²) in [5, 5.41) is 15.8. The van der Waals surface area contributed by atoms with E-state index in [1.54, 1.807) is 11.3 Å². The molecule has 3 unspecified atom stereocenters. The van der Waals surface area contributed by atoms with Crippen LogP contribution in [0, 0.1) is 17.8 Å². The normalized spacial score (nSPS) is 37.1. The van der Waals surface area contributed by atoms with Crippen LogP contribution in [0.4, 0.5) is 9.93 Å². The third-order valence-corrected chi connectivity index (χ3v) is 8.70. The van der Waals surface area contributed by atoms with Gasteiger partial charge in [-0.1, -0.05) is 22.9 Å². The topological polar surface area (TPSA) is 74.7 Å². The summed E-state index contributed by atoms with van der Waals surface area (Å²) in [5.41, 5.74) is 0.438. The molecule has 6 atom stereocenters. The largest absolute Gasteiger partial charge is 0.446 e. The smallest absolute Gasteiger partial charge is 0.410 e. The molecule has 4 bridgehead atoms. The average Bonchev–Trinajstić information content (AvgIpc) is 3.29. The Hall–Kier alpha value is -1.57. The molecule has 2 heterocycles. The summed E-state index contributed by atoms with van der Waals surface area (Å²) < 4.78 is 7.09. The zero-order valence-corrected chi connectivity index (χ0v) is 18.3. The van der Waals surface area contributed by atoms with E-state index in [2.05, 4.69) is 10.3 Å². The number of hydrogen-bond acceptors (Lipinski definition) is 6. The summed E-state index contributed by atoms with van der Waals surface area (Å²) in [6.45, 7) is 1.33. The van der Waals surface area contributed by atoms with E-state index in [1.807, 2.05) is 23.1 Å². The van der Waals surface area contributed by atoms with Crippen LogP contribution in [-0.4, -0.2) is 51.9 Å². The number of nitrogens with one attached hydrogen (secondary N) is 1. The second kappa shape index (κ2) is 6.97. The minimum Gasteiger partial charge on any atom is -0.446 e. The highest BCUT2D eigenvalue weighted by Crippen LogP contribution is 2.56. The van der Waals surface area contributed by atoms with E-state index >= 15 is 0 Å². The van der Waals surface area contributed by atoms with Crippen molar-refractivity contribution in [2.24, 2.45) is 17.8 Å². The van der Waals surface area contributed by atoms with Crippen molar-refractivity contribution in [2.75, 3.05) is 18.4 Å². The maximum atomic E-state index is 12.9. The van der Waals surface area contributed by atoms with Gasteiger partial charge >= 0.3 is 6.09 Å². The number of aromatic nitrogens is 1. The highest BCUT2D eigenvalue weighted by Gasteiger charge is 2.56. The number of carbonyl (C=O) groups excluding carboxylic acids is 1. The SMILES string of the molecule is O=C(OC1C2CC3C[C@H]1C[C@@](O)(C3)C2)N1CC[C@@H](Nc2nc3ccc(Cl)cc3s2)C1. The first-order valence-corrected chi connectivity index (χ1v) is 12.1. The number of anilines is 1. The van der Waals surface area contributed by atoms with Crippen LogP contribution in [-0.2, 0) is 4.74 Å². The fourth-order valence-corrected chi connectivity index (χ4v) is 7.72. The van der Waals surface area contributed by atoms with Gasteiger partial charge in [-0.25, -0.2) is 9.78 Å². The van der Waals surface area contributed by atoms with Gasteiger partial charge in [0.15, 0.2) is 5.13 Å². The first-order chi connectivity index (χ1) is 14.4. The van der Waals surface area contributed by atoms with Crippen molar-refractivity contribution >= 4 is 44.4 Å². The number of fused-ring (bicyclic) bond motifs is 1. The van der Waals surface area contributed by atoms with E-state index in [0.29, 0.717) is 35.9 Å². The van der Waals surface area contributed by atoms with Crippen LogP contribution < -0.4 is 5.32 Å². The molecule has 7 rings (SSSR count). The number of ether oxygens (including phenoxy) is 1. The highest BCUT2D eigenvalue weighted by molar-refractivity contribution is 7.22. The van der Waals surface area contributed by atoms with Crippen LogP contribution in [0.2, 0.25) is 5.02 Å². The molecule has 2 aromatic rings. The number of hydrogen-bond donors (Lipinski definition) is 2. The lowest BCUT2D eigenvalue weighted by molar-refractivity contribution is -0.177. The first-order valence-electron chi connectivity index (χ1n) is 10.9. The molecule has 8 heteroatoms. The molecule has 30 heavy (non-hydrogen) atoms. The van der Waals surface area contributed by atoms with Crippen LogP contribution >= 0.6 is 22.9 Å². The Balaban J connectivity index is 1.07. The molecule has 5 aliphatic rings. The Morgan fingerprint density at radius 3 is 2.87 bits per heavy atom. The molecule has 1 aliphatic heterocycles. The number of thiazole rings is 1. The molecule has 1 aromatic heterocycles. The van der Waals surface area contributed by atoms with Gasteiger partial charge in [0.25, 0.3) is 0 Å².